The molecule has 2 fully saturated rings. The Morgan fingerprint density at radius 1 is 1.21 bits per heavy atom. The molecule has 1 unspecified atom stereocenters. The predicted molar refractivity (Wildman–Crippen MR) is 134 cm³/mol. The van der Waals surface area contributed by atoms with Crippen molar-refractivity contribution >= 4 is 34.5 Å². The predicted octanol–water partition coefficient (Wildman–Crippen LogP) is 2.71. The topological polar surface area (TPSA) is 100 Å². The van der Waals surface area contributed by atoms with Gasteiger partial charge in [0, 0.05) is 32.1 Å². The third kappa shape index (κ3) is 7.99. The molecule has 1 aromatic rings. The molecule has 0 saturated carbocycles. The fourth-order valence-electron chi connectivity index (χ4n) is 3.76. The Morgan fingerprint density at radius 2 is 1.91 bits per heavy atom. The summed E-state index contributed by atoms with van der Waals surface area (Å²) in [5.41, 5.74) is 3.40. The van der Waals surface area contributed by atoms with E-state index in [9.17, 15) is 14.4 Å². The summed E-state index contributed by atoms with van der Waals surface area (Å²) in [6.07, 6.45) is 4.40. The lowest BCUT2D eigenvalue weighted by Gasteiger charge is -2.29. The molecular formula is C25H34N4O4S. The van der Waals surface area contributed by atoms with Gasteiger partial charge in [-0.2, -0.15) is 0 Å². The molecule has 2 saturated heterocycles. The molecule has 1 aromatic carbocycles. The molecule has 2 aliphatic heterocycles. The zero-order chi connectivity index (χ0) is 24.6. The average Bonchev–Trinajstić information content (AvgIpc) is 3.26. The maximum Gasteiger partial charge on any atom is 0.309 e. The van der Waals surface area contributed by atoms with Gasteiger partial charge >= 0.3 is 5.91 Å². The zero-order valence-corrected chi connectivity index (χ0v) is 20.9. The second-order valence-electron chi connectivity index (χ2n) is 9.59. The second kappa shape index (κ2) is 12.2. The van der Waals surface area contributed by atoms with Crippen LogP contribution in [0.25, 0.3) is 0 Å². The van der Waals surface area contributed by atoms with Crippen LogP contribution in [0, 0.1) is 11.3 Å². The van der Waals surface area contributed by atoms with Gasteiger partial charge in [0.05, 0.1) is 0 Å². The average molecular weight is 487 g/mol. The number of amidine groups is 1. The number of hydrogen-bond donors (Lipinski definition) is 2. The maximum absolute atomic E-state index is 13.1. The van der Waals surface area contributed by atoms with Crippen LogP contribution in [0.1, 0.15) is 39.2 Å². The lowest BCUT2D eigenvalue weighted by atomic mass is 9.88. The first kappa shape index (κ1) is 26.0. The number of thioether (sulfide) groups is 1. The molecule has 2 heterocycles. The number of hydrazone groups is 1. The molecule has 184 valence electrons. The van der Waals surface area contributed by atoms with E-state index < -0.39 is 17.7 Å². The van der Waals surface area contributed by atoms with Gasteiger partial charge in [-0.1, -0.05) is 68.9 Å². The Bertz CT molecular complexity index is 921. The molecule has 34 heavy (non-hydrogen) atoms. The van der Waals surface area contributed by atoms with Crippen molar-refractivity contribution in [1.29, 1.82) is 0 Å². The summed E-state index contributed by atoms with van der Waals surface area (Å²) in [5.74, 6) is -1.21. The number of ether oxygens (including phenoxy) is 1. The van der Waals surface area contributed by atoms with E-state index in [-0.39, 0.29) is 17.2 Å². The minimum absolute atomic E-state index is 0.165. The number of carbonyl (C=O) groups excluding carboxylic acids is 3. The van der Waals surface area contributed by atoms with Crippen LogP contribution in [-0.4, -0.2) is 59.2 Å². The molecular weight excluding hydrogens is 452 g/mol. The molecule has 0 spiro atoms. The molecule has 1 atom stereocenters. The summed E-state index contributed by atoms with van der Waals surface area (Å²) in [6.45, 7) is 8.42. The number of nitrogens with zero attached hydrogens (tertiary/aromatic N) is 2. The van der Waals surface area contributed by atoms with Gasteiger partial charge in [-0.05, 0) is 35.8 Å². The van der Waals surface area contributed by atoms with E-state index in [0.717, 1.165) is 17.9 Å². The third-order valence-electron chi connectivity index (χ3n) is 5.61. The largest absolute Gasteiger partial charge is 0.381 e. The summed E-state index contributed by atoms with van der Waals surface area (Å²) in [7, 11) is 0. The SMILES string of the molecule is CC(C)(C)/C=C/C(=O)NC(C(=O)C(=O)NN=C1SCCN1Cc1ccccc1)C1CCOCC1. The normalized spacial score (nSPS) is 19.4. The van der Waals surface area contributed by atoms with Crippen LogP contribution in [0.4, 0.5) is 0 Å². The molecule has 2 amide bonds. The Hall–Kier alpha value is -2.65. The fraction of sp³-hybridized carbons (Fsp3) is 0.520. The summed E-state index contributed by atoms with van der Waals surface area (Å²) in [6, 6.07) is 9.10. The van der Waals surface area contributed by atoms with Crippen LogP contribution in [0.5, 0.6) is 0 Å². The summed E-state index contributed by atoms with van der Waals surface area (Å²) < 4.78 is 5.39. The van der Waals surface area contributed by atoms with Crippen LogP contribution >= 0.6 is 11.8 Å². The van der Waals surface area contributed by atoms with Gasteiger partial charge in [-0.25, -0.2) is 5.43 Å². The van der Waals surface area contributed by atoms with Crippen molar-refractivity contribution < 1.29 is 19.1 Å². The highest BCUT2D eigenvalue weighted by Gasteiger charge is 2.35. The summed E-state index contributed by atoms with van der Waals surface area (Å²) in [5, 5.41) is 7.66. The molecule has 9 heteroatoms. The molecule has 3 rings (SSSR count). The van der Waals surface area contributed by atoms with Crippen molar-refractivity contribution in [2.75, 3.05) is 25.5 Å². The quantitative estimate of drug-likeness (QED) is 0.333. The van der Waals surface area contributed by atoms with Crippen molar-refractivity contribution in [3.05, 3.63) is 48.0 Å². The third-order valence-corrected chi connectivity index (χ3v) is 6.60. The Labute approximate surface area is 205 Å². The number of Topliss-reactive ketones (excluding diaryl/α,β-unsaturated/α-hetero) is 1. The summed E-state index contributed by atoms with van der Waals surface area (Å²) >= 11 is 1.53. The number of carbonyl (C=O) groups is 3. The van der Waals surface area contributed by atoms with E-state index in [1.807, 2.05) is 51.1 Å². The van der Waals surface area contributed by atoms with Crippen molar-refractivity contribution in [3.8, 4) is 0 Å². The number of allylic oxidation sites excluding steroid dienone is 1. The van der Waals surface area contributed by atoms with Crippen LogP contribution in [-0.2, 0) is 25.7 Å². The molecule has 2 aliphatic rings. The van der Waals surface area contributed by atoms with Gasteiger partial charge in [-0.15, -0.1) is 5.10 Å². The first-order valence-electron chi connectivity index (χ1n) is 11.6. The lowest BCUT2D eigenvalue weighted by Crippen LogP contribution is -2.51. The van der Waals surface area contributed by atoms with Gasteiger partial charge in [0.1, 0.15) is 6.04 Å². The van der Waals surface area contributed by atoms with E-state index in [2.05, 4.69) is 20.7 Å². The van der Waals surface area contributed by atoms with Gasteiger partial charge in [-0.3, -0.25) is 14.4 Å². The first-order valence-corrected chi connectivity index (χ1v) is 12.6. The lowest BCUT2D eigenvalue weighted by molar-refractivity contribution is -0.141. The highest BCUT2D eigenvalue weighted by Crippen LogP contribution is 2.22. The molecule has 2 N–H and O–H groups in total. The molecule has 0 bridgehead atoms. The second-order valence-corrected chi connectivity index (χ2v) is 10.7. The molecule has 0 radical (unpaired) electrons. The maximum atomic E-state index is 13.1. The van der Waals surface area contributed by atoms with E-state index >= 15 is 0 Å². The van der Waals surface area contributed by atoms with Gasteiger partial charge in [0.15, 0.2) is 5.17 Å². The summed E-state index contributed by atoms with van der Waals surface area (Å²) in [4.78, 5) is 40.4. The number of nitrogens with one attached hydrogen (secondary N) is 2. The number of benzene rings is 1. The number of ketones is 1. The highest BCUT2D eigenvalue weighted by atomic mass is 32.2. The van der Waals surface area contributed by atoms with Crippen molar-refractivity contribution in [3.63, 3.8) is 0 Å². The van der Waals surface area contributed by atoms with Crippen LogP contribution in [0.2, 0.25) is 0 Å². The van der Waals surface area contributed by atoms with Crippen molar-refractivity contribution in [2.45, 2.75) is 46.2 Å². The van der Waals surface area contributed by atoms with E-state index in [1.165, 1.54) is 17.8 Å². The Kier molecular flexibility index (Phi) is 9.29. The minimum atomic E-state index is -0.919. The monoisotopic (exact) mass is 486 g/mol. The van der Waals surface area contributed by atoms with Crippen molar-refractivity contribution in [1.82, 2.24) is 15.6 Å². The number of amides is 2. The highest BCUT2D eigenvalue weighted by molar-refractivity contribution is 8.14. The van der Waals surface area contributed by atoms with E-state index in [1.54, 1.807) is 6.08 Å². The minimum Gasteiger partial charge on any atom is -0.381 e. The zero-order valence-electron chi connectivity index (χ0n) is 20.1. The molecule has 8 nitrogen and oxygen atoms in total. The first-order chi connectivity index (χ1) is 16.2. The fourth-order valence-corrected chi connectivity index (χ4v) is 4.70. The van der Waals surface area contributed by atoms with Crippen LogP contribution < -0.4 is 10.7 Å². The van der Waals surface area contributed by atoms with Crippen LogP contribution in [0.15, 0.2) is 47.6 Å². The van der Waals surface area contributed by atoms with Crippen LogP contribution in [0.3, 0.4) is 0 Å². The standard InChI is InChI=1S/C25H34N4O4S/c1-25(2,3)12-9-20(30)26-21(19-10-14-33-15-11-19)22(31)23(32)27-28-24-29(13-16-34-24)17-18-7-5-4-6-8-18/h4-9,12,19,21H,10-11,13-17H2,1-3H3,(H,26,30)(H,27,32)/b12-9+,28-24?. The van der Waals surface area contributed by atoms with Crippen molar-refractivity contribution in [2.24, 2.45) is 16.4 Å². The Balaban J connectivity index is 1.65. The number of hydrogen-bond acceptors (Lipinski definition) is 6. The van der Waals surface area contributed by atoms with E-state index in [4.69, 9.17) is 4.74 Å². The van der Waals surface area contributed by atoms with E-state index in [0.29, 0.717) is 37.8 Å². The molecule has 0 aliphatic carbocycles. The van der Waals surface area contributed by atoms with Gasteiger partial charge in [0.25, 0.3) is 0 Å². The Morgan fingerprint density at radius 3 is 2.59 bits per heavy atom. The molecule has 0 aromatic heterocycles. The van der Waals surface area contributed by atoms with Gasteiger partial charge < -0.3 is 15.0 Å². The number of rotatable bonds is 8. The smallest absolute Gasteiger partial charge is 0.309 e. The van der Waals surface area contributed by atoms with Gasteiger partial charge in [0.2, 0.25) is 11.7 Å².